The summed E-state index contributed by atoms with van der Waals surface area (Å²) in [6.07, 6.45) is 6.54. The summed E-state index contributed by atoms with van der Waals surface area (Å²) in [6.45, 7) is 11.9. The van der Waals surface area contributed by atoms with Gasteiger partial charge in [0.2, 0.25) is 0 Å². The van der Waals surface area contributed by atoms with Gasteiger partial charge in [-0.15, -0.1) is 0 Å². The number of rotatable bonds is 6. The molecule has 1 aromatic rings. The smallest absolute Gasteiger partial charge is 0.133 e. The molecule has 118 valence electrons. The Morgan fingerprint density at radius 2 is 2.10 bits per heavy atom. The number of hydrogen-bond acceptors (Lipinski definition) is 3. The number of piperidine rings is 1. The second-order valence-corrected chi connectivity index (χ2v) is 6.29. The van der Waals surface area contributed by atoms with Gasteiger partial charge in [0, 0.05) is 30.4 Å². The van der Waals surface area contributed by atoms with Gasteiger partial charge in [-0.2, -0.15) is 0 Å². The van der Waals surface area contributed by atoms with E-state index in [0.29, 0.717) is 6.04 Å². The van der Waals surface area contributed by atoms with Crippen molar-refractivity contribution in [3.8, 4) is 0 Å². The number of nitrogens with one attached hydrogen (secondary N) is 1. The van der Waals surface area contributed by atoms with E-state index in [-0.39, 0.29) is 0 Å². The third-order valence-electron chi connectivity index (χ3n) is 4.53. The molecule has 1 atom stereocenters. The van der Waals surface area contributed by atoms with E-state index in [0.717, 1.165) is 18.8 Å². The molecule has 0 spiro atoms. The lowest BCUT2D eigenvalue weighted by Crippen LogP contribution is -2.41. The van der Waals surface area contributed by atoms with Crippen molar-refractivity contribution in [2.75, 3.05) is 18.0 Å². The van der Waals surface area contributed by atoms with E-state index in [1.54, 1.807) is 0 Å². The highest BCUT2D eigenvalue weighted by molar-refractivity contribution is 5.52. The molecule has 0 aliphatic carbocycles. The molecule has 0 aromatic carbocycles. The molecule has 1 unspecified atom stereocenters. The van der Waals surface area contributed by atoms with Crippen LogP contribution in [0, 0.1) is 13.8 Å². The van der Waals surface area contributed by atoms with Gasteiger partial charge in [-0.05, 0) is 57.7 Å². The molecular weight excluding hydrogens is 258 g/mol. The van der Waals surface area contributed by atoms with Gasteiger partial charge >= 0.3 is 0 Å². The molecule has 1 saturated heterocycles. The molecule has 3 nitrogen and oxygen atoms in total. The zero-order chi connectivity index (χ0) is 15.2. The first-order valence-corrected chi connectivity index (χ1v) is 8.61. The SMILES string of the molecule is CCCC1CCCCN1c1nc(C)cc(C)c1CNCC. The molecule has 1 N–H and O–H groups in total. The van der Waals surface area contributed by atoms with Crippen molar-refractivity contribution < 1.29 is 0 Å². The molecular formula is C18H31N3. The average Bonchev–Trinajstić information content (AvgIpc) is 2.47. The van der Waals surface area contributed by atoms with E-state index in [1.165, 1.54) is 55.6 Å². The molecule has 0 saturated carbocycles. The van der Waals surface area contributed by atoms with Crippen LogP contribution in [0.3, 0.4) is 0 Å². The third kappa shape index (κ3) is 3.97. The number of aryl methyl sites for hydroxylation is 2. The monoisotopic (exact) mass is 289 g/mol. The van der Waals surface area contributed by atoms with Gasteiger partial charge in [0.05, 0.1) is 0 Å². The van der Waals surface area contributed by atoms with E-state index in [2.05, 4.69) is 44.0 Å². The molecule has 1 fully saturated rings. The molecule has 0 bridgehead atoms. The minimum absolute atomic E-state index is 0.679. The van der Waals surface area contributed by atoms with Gasteiger partial charge < -0.3 is 10.2 Å². The van der Waals surface area contributed by atoms with E-state index >= 15 is 0 Å². The summed E-state index contributed by atoms with van der Waals surface area (Å²) >= 11 is 0. The fourth-order valence-electron chi connectivity index (χ4n) is 3.46. The average molecular weight is 289 g/mol. The molecule has 1 aromatic heterocycles. The van der Waals surface area contributed by atoms with Crippen molar-refractivity contribution in [3.05, 3.63) is 22.9 Å². The minimum atomic E-state index is 0.679. The lowest BCUT2D eigenvalue weighted by Gasteiger charge is -2.38. The van der Waals surface area contributed by atoms with Gasteiger partial charge in [-0.1, -0.05) is 20.3 Å². The van der Waals surface area contributed by atoms with E-state index in [9.17, 15) is 0 Å². The normalized spacial score (nSPS) is 19.0. The van der Waals surface area contributed by atoms with Crippen molar-refractivity contribution in [2.45, 2.75) is 72.4 Å². The van der Waals surface area contributed by atoms with Crippen molar-refractivity contribution in [2.24, 2.45) is 0 Å². The van der Waals surface area contributed by atoms with Crippen molar-refractivity contribution in [1.82, 2.24) is 10.3 Å². The molecule has 0 radical (unpaired) electrons. The maximum Gasteiger partial charge on any atom is 0.133 e. The van der Waals surface area contributed by atoms with E-state index in [1.807, 2.05) is 0 Å². The predicted molar refractivity (Wildman–Crippen MR) is 91.0 cm³/mol. The highest BCUT2D eigenvalue weighted by atomic mass is 15.2. The van der Waals surface area contributed by atoms with E-state index < -0.39 is 0 Å². The molecule has 1 aliphatic heterocycles. The lowest BCUT2D eigenvalue weighted by atomic mass is 9.97. The highest BCUT2D eigenvalue weighted by Crippen LogP contribution is 2.30. The Balaban J connectivity index is 2.34. The first-order chi connectivity index (χ1) is 10.2. The number of aromatic nitrogens is 1. The second kappa shape index (κ2) is 7.79. The van der Waals surface area contributed by atoms with Gasteiger partial charge in [-0.3, -0.25) is 0 Å². The maximum atomic E-state index is 4.93. The van der Waals surface area contributed by atoms with Crippen molar-refractivity contribution in [1.29, 1.82) is 0 Å². The first-order valence-electron chi connectivity index (χ1n) is 8.61. The first kappa shape index (κ1) is 16.3. The summed E-state index contributed by atoms with van der Waals surface area (Å²) in [4.78, 5) is 7.53. The van der Waals surface area contributed by atoms with Crippen LogP contribution in [-0.4, -0.2) is 24.1 Å². The molecule has 2 heterocycles. The van der Waals surface area contributed by atoms with Gasteiger partial charge in [0.25, 0.3) is 0 Å². The fourth-order valence-corrected chi connectivity index (χ4v) is 3.46. The van der Waals surface area contributed by atoms with Crippen LogP contribution in [0.2, 0.25) is 0 Å². The predicted octanol–water partition coefficient (Wildman–Crippen LogP) is 3.97. The quantitative estimate of drug-likeness (QED) is 0.859. The van der Waals surface area contributed by atoms with Gasteiger partial charge in [0.1, 0.15) is 5.82 Å². The minimum Gasteiger partial charge on any atom is -0.353 e. The van der Waals surface area contributed by atoms with Gasteiger partial charge in [-0.25, -0.2) is 4.98 Å². The van der Waals surface area contributed by atoms with Crippen LogP contribution in [0.1, 0.15) is 62.8 Å². The Labute approximate surface area is 130 Å². The zero-order valence-electron chi connectivity index (χ0n) is 14.2. The topological polar surface area (TPSA) is 28.2 Å². The zero-order valence-corrected chi connectivity index (χ0v) is 14.2. The van der Waals surface area contributed by atoms with Crippen molar-refractivity contribution >= 4 is 5.82 Å². The largest absolute Gasteiger partial charge is 0.353 e. The molecule has 21 heavy (non-hydrogen) atoms. The summed E-state index contributed by atoms with van der Waals surface area (Å²) in [5.74, 6) is 1.24. The standard InChI is InChI=1S/C18H31N3/c1-5-9-16-10-7-8-11-21(16)18-17(13-19-6-2)14(3)12-15(4)20-18/h12,16,19H,5-11,13H2,1-4H3. The molecule has 1 aliphatic rings. The summed E-state index contributed by atoms with van der Waals surface area (Å²) in [5, 5.41) is 3.48. The Bertz CT molecular complexity index is 454. The van der Waals surface area contributed by atoms with Crippen LogP contribution in [-0.2, 0) is 6.54 Å². The maximum absolute atomic E-state index is 4.93. The second-order valence-electron chi connectivity index (χ2n) is 6.29. The summed E-state index contributed by atoms with van der Waals surface area (Å²) in [6, 6.07) is 2.90. The Morgan fingerprint density at radius 1 is 1.29 bits per heavy atom. The van der Waals surface area contributed by atoms with Crippen LogP contribution >= 0.6 is 0 Å². The van der Waals surface area contributed by atoms with Crippen LogP contribution in [0.5, 0.6) is 0 Å². The van der Waals surface area contributed by atoms with Crippen LogP contribution in [0.25, 0.3) is 0 Å². The molecule has 0 amide bonds. The van der Waals surface area contributed by atoms with Crippen LogP contribution in [0.4, 0.5) is 5.82 Å². The van der Waals surface area contributed by atoms with Crippen LogP contribution < -0.4 is 10.2 Å². The number of hydrogen-bond donors (Lipinski definition) is 1. The summed E-state index contributed by atoms with van der Waals surface area (Å²) in [5.41, 5.74) is 3.91. The lowest BCUT2D eigenvalue weighted by molar-refractivity contribution is 0.430. The highest BCUT2D eigenvalue weighted by Gasteiger charge is 2.25. The van der Waals surface area contributed by atoms with E-state index in [4.69, 9.17) is 4.98 Å². The summed E-state index contributed by atoms with van der Waals surface area (Å²) in [7, 11) is 0. The number of pyridine rings is 1. The Hall–Kier alpha value is -1.09. The molecule has 2 rings (SSSR count). The third-order valence-corrected chi connectivity index (χ3v) is 4.53. The van der Waals surface area contributed by atoms with Crippen LogP contribution in [0.15, 0.2) is 6.07 Å². The number of anilines is 1. The molecule has 3 heteroatoms. The van der Waals surface area contributed by atoms with Crippen molar-refractivity contribution in [3.63, 3.8) is 0 Å². The van der Waals surface area contributed by atoms with Gasteiger partial charge in [0.15, 0.2) is 0 Å². The summed E-state index contributed by atoms with van der Waals surface area (Å²) < 4.78 is 0. The fraction of sp³-hybridized carbons (Fsp3) is 0.722. The number of nitrogens with zero attached hydrogens (tertiary/aromatic N) is 2. The Morgan fingerprint density at radius 3 is 2.81 bits per heavy atom. The Kier molecular flexibility index (Phi) is 6.04.